The lowest BCUT2D eigenvalue weighted by atomic mass is 10.1. The number of aromatic amines is 1. The summed E-state index contributed by atoms with van der Waals surface area (Å²) in [5.74, 6) is 0. The Bertz CT molecular complexity index is 702. The van der Waals surface area contributed by atoms with Gasteiger partial charge < -0.3 is 4.98 Å². The molecule has 0 bridgehead atoms. The Morgan fingerprint density at radius 3 is 2.00 bits per heavy atom. The third kappa shape index (κ3) is 2.95. The van der Waals surface area contributed by atoms with Crippen molar-refractivity contribution in [2.45, 2.75) is 6.18 Å². The molecule has 0 aliphatic heterocycles. The van der Waals surface area contributed by atoms with Crippen LogP contribution in [0.5, 0.6) is 0 Å². The minimum absolute atomic E-state index is 0.0651. The molecule has 1 aromatic carbocycles. The lowest BCUT2D eigenvalue weighted by molar-refractivity contribution is -0.141. The third-order valence-corrected chi connectivity index (χ3v) is 3.31. The van der Waals surface area contributed by atoms with E-state index in [-0.39, 0.29) is 26.2 Å². The number of alkyl halides is 3. The summed E-state index contributed by atoms with van der Waals surface area (Å²) in [6.07, 6.45) is -4.63. The summed E-state index contributed by atoms with van der Waals surface area (Å²) >= 11 is 17.6. The van der Waals surface area contributed by atoms with Crippen molar-refractivity contribution >= 4 is 34.8 Å². The molecule has 0 atom stereocenters. The Labute approximate surface area is 126 Å². The maximum Gasteiger partial charge on any atom is 0.431 e. The van der Waals surface area contributed by atoms with E-state index in [4.69, 9.17) is 34.8 Å². The molecule has 0 fully saturated rings. The molecule has 0 saturated carbocycles. The molecule has 0 amide bonds. The molecule has 20 heavy (non-hydrogen) atoms. The summed E-state index contributed by atoms with van der Waals surface area (Å²) in [5, 5.41) is 0.410. The first-order valence-electron chi connectivity index (χ1n) is 5.15. The zero-order valence-electron chi connectivity index (χ0n) is 9.49. The molecule has 8 heteroatoms. The molecule has 0 radical (unpaired) electrons. The minimum atomic E-state index is -4.63. The molecule has 1 aromatic heterocycles. The predicted octanol–water partition coefficient (Wildman–Crippen LogP) is 5.02. The number of rotatable bonds is 1. The number of halogens is 6. The van der Waals surface area contributed by atoms with Crippen LogP contribution < -0.4 is 5.56 Å². The first-order chi connectivity index (χ1) is 9.20. The summed E-state index contributed by atoms with van der Waals surface area (Å²) in [5.41, 5.74) is -2.02. The maximum atomic E-state index is 12.5. The first-order valence-corrected chi connectivity index (χ1v) is 6.29. The van der Waals surface area contributed by atoms with Crippen molar-refractivity contribution in [2.24, 2.45) is 0 Å². The Morgan fingerprint density at radius 2 is 1.55 bits per heavy atom. The highest BCUT2D eigenvalue weighted by Gasteiger charge is 2.32. The summed E-state index contributed by atoms with van der Waals surface area (Å²) in [6.45, 7) is 0. The van der Waals surface area contributed by atoms with E-state index in [1.54, 1.807) is 4.98 Å². The van der Waals surface area contributed by atoms with Crippen molar-refractivity contribution in [3.8, 4) is 11.1 Å². The van der Waals surface area contributed by atoms with Crippen molar-refractivity contribution in [3.63, 3.8) is 0 Å². The smallest absolute Gasteiger partial charge is 0.318 e. The summed E-state index contributed by atoms with van der Waals surface area (Å²) < 4.78 is 37.4. The Morgan fingerprint density at radius 1 is 1.00 bits per heavy atom. The molecule has 106 valence electrons. The van der Waals surface area contributed by atoms with Crippen LogP contribution in [0, 0.1) is 0 Å². The lowest BCUT2D eigenvalue weighted by Gasteiger charge is -2.10. The molecular weight excluding hydrogens is 337 g/mol. The van der Waals surface area contributed by atoms with Crippen LogP contribution in [0.3, 0.4) is 0 Å². The van der Waals surface area contributed by atoms with Gasteiger partial charge in [0, 0.05) is 16.1 Å². The molecule has 2 nitrogen and oxygen atoms in total. The van der Waals surface area contributed by atoms with Gasteiger partial charge in [0.1, 0.15) is 5.69 Å². The molecule has 1 heterocycles. The molecule has 2 aromatic rings. The van der Waals surface area contributed by atoms with Crippen LogP contribution in [0.15, 0.2) is 29.1 Å². The minimum Gasteiger partial charge on any atom is -0.318 e. The van der Waals surface area contributed by atoms with E-state index < -0.39 is 17.4 Å². The van der Waals surface area contributed by atoms with Crippen LogP contribution in [0.2, 0.25) is 15.1 Å². The summed E-state index contributed by atoms with van der Waals surface area (Å²) in [7, 11) is 0. The highest BCUT2D eigenvalue weighted by molar-refractivity contribution is 6.41. The summed E-state index contributed by atoms with van der Waals surface area (Å²) in [6, 6.07) is 4.46. The quantitative estimate of drug-likeness (QED) is 0.775. The fourth-order valence-corrected chi connectivity index (χ4v) is 2.66. The third-order valence-electron chi connectivity index (χ3n) is 2.49. The normalized spacial score (nSPS) is 11.7. The second-order valence-corrected chi connectivity index (χ2v) is 5.11. The fourth-order valence-electron chi connectivity index (χ4n) is 1.64. The fraction of sp³-hybridized carbons (Fsp3) is 0.0833. The second-order valence-electron chi connectivity index (χ2n) is 3.86. The second kappa shape index (κ2) is 5.31. The van der Waals surface area contributed by atoms with Crippen molar-refractivity contribution < 1.29 is 13.2 Å². The largest absolute Gasteiger partial charge is 0.431 e. The van der Waals surface area contributed by atoms with Gasteiger partial charge in [-0.3, -0.25) is 4.79 Å². The van der Waals surface area contributed by atoms with Crippen LogP contribution >= 0.6 is 34.8 Å². The molecule has 0 spiro atoms. The van der Waals surface area contributed by atoms with Gasteiger partial charge in [-0.05, 0) is 24.3 Å². The van der Waals surface area contributed by atoms with E-state index >= 15 is 0 Å². The molecule has 0 aliphatic carbocycles. The number of pyridine rings is 1. The maximum absolute atomic E-state index is 12.5. The van der Waals surface area contributed by atoms with Crippen LogP contribution in [0.4, 0.5) is 13.2 Å². The van der Waals surface area contributed by atoms with E-state index in [1.165, 1.54) is 12.1 Å². The van der Waals surface area contributed by atoms with Crippen molar-refractivity contribution in [2.75, 3.05) is 0 Å². The van der Waals surface area contributed by atoms with E-state index in [0.29, 0.717) is 0 Å². The SMILES string of the molecule is O=c1[nH]c(C(F)(F)F)ccc1-c1c(Cl)cc(Cl)cc1Cl. The number of nitrogens with one attached hydrogen (secondary N) is 1. The van der Waals surface area contributed by atoms with E-state index in [9.17, 15) is 18.0 Å². The van der Waals surface area contributed by atoms with Crippen LogP contribution in [-0.2, 0) is 6.18 Å². The van der Waals surface area contributed by atoms with Crippen molar-refractivity contribution in [1.29, 1.82) is 0 Å². The van der Waals surface area contributed by atoms with Gasteiger partial charge in [-0.25, -0.2) is 0 Å². The van der Waals surface area contributed by atoms with Gasteiger partial charge in [-0.1, -0.05) is 34.8 Å². The molecule has 2 rings (SSSR count). The van der Waals surface area contributed by atoms with Gasteiger partial charge in [-0.15, -0.1) is 0 Å². The number of hydrogen-bond acceptors (Lipinski definition) is 1. The molecule has 0 saturated heterocycles. The number of aromatic nitrogens is 1. The lowest BCUT2D eigenvalue weighted by Crippen LogP contribution is -2.17. The molecule has 0 unspecified atom stereocenters. The summed E-state index contributed by atoms with van der Waals surface area (Å²) in [4.78, 5) is 13.5. The van der Waals surface area contributed by atoms with Gasteiger partial charge in [0.2, 0.25) is 0 Å². The van der Waals surface area contributed by atoms with Gasteiger partial charge in [-0.2, -0.15) is 13.2 Å². The van der Waals surface area contributed by atoms with Crippen LogP contribution in [0.1, 0.15) is 5.69 Å². The molecule has 0 aliphatic rings. The highest BCUT2D eigenvalue weighted by Crippen LogP contribution is 2.36. The Hall–Kier alpha value is -1.17. The molecular formula is C12H5Cl3F3NO. The predicted molar refractivity (Wildman–Crippen MR) is 72.5 cm³/mol. The first kappa shape index (κ1) is 15.2. The monoisotopic (exact) mass is 341 g/mol. The average Bonchev–Trinajstić information content (AvgIpc) is 2.28. The number of hydrogen-bond donors (Lipinski definition) is 1. The van der Waals surface area contributed by atoms with E-state index in [0.717, 1.165) is 12.1 Å². The van der Waals surface area contributed by atoms with Gasteiger partial charge >= 0.3 is 6.18 Å². The van der Waals surface area contributed by atoms with Crippen LogP contribution in [0.25, 0.3) is 11.1 Å². The van der Waals surface area contributed by atoms with E-state index in [2.05, 4.69) is 0 Å². The highest BCUT2D eigenvalue weighted by atomic mass is 35.5. The molecule has 1 N–H and O–H groups in total. The van der Waals surface area contributed by atoms with Crippen molar-refractivity contribution in [3.05, 3.63) is 55.4 Å². The van der Waals surface area contributed by atoms with Gasteiger partial charge in [0.05, 0.1) is 10.0 Å². The average molecular weight is 343 g/mol. The van der Waals surface area contributed by atoms with Crippen LogP contribution in [-0.4, -0.2) is 4.98 Å². The van der Waals surface area contributed by atoms with Gasteiger partial charge in [0.25, 0.3) is 5.56 Å². The Balaban J connectivity index is 2.64. The van der Waals surface area contributed by atoms with Crippen molar-refractivity contribution in [1.82, 2.24) is 4.98 Å². The number of H-pyrrole nitrogens is 1. The Kier molecular flexibility index (Phi) is 4.04. The zero-order chi connectivity index (χ0) is 15.1. The number of benzene rings is 1. The standard InChI is InChI=1S/C12H5Cl3F3NO/c13-5-3-7(14)10(8(15)4-5)6-1-2-9(12(16,17)18)19-11(6)20/h1-4H,(H,19,20). The van der Waals surface area contributed by atoms with E-state index in [1.807, 2.05) is 0 Å². The topological polar surface area (TPSA) is 32.9 Å². The van der Waals surface area contributed by atoms with Gasteiger partial charge in [0.15, 0.2) is 0 Å². The zero-order valence-corrected chi connectivity index (χ0v) is 11.8.